The van der Waals surface area contributed by atoms with Crippen molar-refractivity contribution in [2.45, 2.75) is 46.6 Å². The third kappa shape index (κ3) is 4.06. The Balaban J connectivity index is 2.93. The highest BCUT2D eigenvalue weighted by atomic mass is 79.9. The Bertz CT molecular complexity index is 390. The molecule has 1 rings (SSSR count). The molecule has 0 fully saturated rings. The number of halogens is 2. The second-order valence-electron chi connectivity index (χ2n) is 5.39. The lowest BCUT2D eigenvalue weighted by Gasteiger charge is -2.34. The van der Waals surface area contributed by atoms with Crippen LogP contribution in [-0.2, 0) is 6.42 Å². The van der Waals surface area contributed by atoms with Crippen molar-refractivity contribution in [1.82, 2.24) is 5.32 Å². The van der Waals surface area contributed by atoms with Gasteiger partial charge in [-0.05, 0) is 48.6 Å². The summed E-state index contributed by atoms with van der Waals surface area (Å²) < 4.78 is 14.7. The van der Waals surface area contributed by atoms with Crippen LogP contribution in [0.25, 0.3) is 0 Å². The molecule has 18 heavy (non-hydrogen) atoms. The third-order valence-corrected chi connectivity index (χ3v) is 4.23. The lowest BCUT2D eigenvalue weighted by Crippen LogP contribution is -2.43. The molecular weight excluding hydrogens is 293 g/mol. The van der Waals surface area contributed by atoms with Crippen molar-refractivity contribution >= 4 is 15.9 Å². The standard InChI is InChI=1S/C15H23BrFN/c1-5-15(3,4)14(18-6-2)10-11-9-12(16)7-8-13(11)17/h7-9,14,18H,5-6,10H2,1-4H3. The molecule has 0 aliphatic heterocycles. The topological polar surface area (TPSA) is 12.0 Å². The van der Waals surface area contributed by atoms with Crippen molar-refractivity contribution in [2.24, 2.45) is 5.41 Å². The van der Waals surface area contributed by atoms with E-state index in [0.29, 0.717) is 0 Å². The van der Waals surface area contributed by atoms with Crippen LogP contribution >= 0.6 is 15.9 Å². The molecule has 0 amide bonds. The van der Waals surface area contributed by atoms with Crippen molar-refractivity contribution in [2.75, 3.05) is 6.54 Å². The molecule has 0 bridgehead atoms. The highest BCUT2D eigenvalue weighted by Gasteiger charge is 2.27. The summed E-state index contributed by atoms with van der Waals surface area (Å²) in [7, 11) is 0. The summed E-state index contributed by atoms with van der Waals surface area (Å²) in [5, 5.41) is 3.49. The molecule has 1 atom stereocenters. The van der Waals surface area contributed by atoms with E-state index >= 15 is 0 Å². The molecule has 0 aliphatic carbocycles. The summed E-state index contributed by atoms with van der Waals surface area (Å²) in [6.45, 7) is 9.65. The van der Waals surface area contributed by atoms with Gasteiger partial charge in [0.1, 0.15) is 5.82 Å². The summed E-state index contributed by atoms with van der Waals surface area (Å²) >= 11 is 3.41. The van der Waals surface area contributed by atoms with Gasteiger partial charge in [-0.15, -0.1) is 0 Å². The van der Waals surface area contributed by atoms with E-state index in [-0.39, 0.29) is 17.3 Å². The van der Waals surface area contributed by atoms with Crippen molar-refractivity contribution in [3.8, 4) is 0 Å². The first kappa shape index (κ1) is 15.6. The zero-order valence-electron chi connectivity index (χ0n) is 11.7. The maximum Gasteiger partial charge on any atom is 0.126 e. The molecule has 102 valence electrons. The first-order valence-corrected chi connectivity index (χ1v) is 7.37. The first-order valence-electron chi connectivity index (χ1n) is 6.58. The largest absolute Gasteiger partial charge is 0.313 e. The molecule has 1 unspecified atom stereocenters. The molecule has 3 heteroatoms. The molecule has 1 aromatic carbocycles. The highest BCUT2D eigenvalue weighted by Crippen LogP contribution is 2.28. The van der Waals surface area contributed by atoms with E-state index in [1.807, 2.05) is 6.07 Å². The molecule has 0 aromatic heterocycles. The predicted molar refractivity (Wildman–Crippen MR) is 79.3 cm³/mol. The smallest absolute Gasteiger partial charge is 0.126 e. The minimum atomic E-state index is -0.118. The summed E-state index contributed by atoms with van der Waals surface area (Å²) in [6, 6.07) is 5.44. The minimum Gasteiger partial charge on any atom is -0.313 e. The van der Waals surface area contributed by atoms with Gasteiger partial charge in [-0.3, -0.25) is 0 Å². The van der Waals surface area contributed by atoms with Crippen LogP contribution in [0.15, 0.2) is 22.7 Å². The molecule has 1 aromatic rings. The van der Waals surface area contributed by atoms with Crippen LogP contribution in [-0.4, -0.2) is 12.6 Å². The van der Waals surface area contributed by atoms with E-state index in [2.05, 4.69) is 48.9 Å². The predicted octanol–water partition coefficient (Wildman–Crippen LogP) is 4.55. The van der Waals surface area contributed by atoms with Crippen LogP contribution in [0, 0.1) is 11.2 Å². The maximum atomic E-state index is 13.8. The van der Waals surface area contributed by atoms with Crippen LogP contribution in [0.5, 0.6) is 0 Å². The average Bonchev–Trinajstić information content (AvgIpc) is 2.33. The normalized spacial score (nSPS) is 13.7. The molecule has 1 N–H and O–H groups in total. The molecule has 0 radical (unpaired) electrons. The van der Waals surface area contributed by atoms with Crippen molar-refractivity contribution in [3.63, 3.8) is 0 Å². The Labute approximate surface area is 118 Å². The summed E-state index contributed by atoms with van der Waals surface area (Å²) in [5.74, 6) is -0.118. The van der Waals surface area contributed by atoms with Gasteiger partial charge in [0.05, 0.1) is 0 Å². The van der Waals surface area contributed by atoms with Gasteiger partial charge in [0.15, 0.2) is 0 Å². The molecule has 0 aliphatic rings. The van der Waals surface area contributed by atoms with E-state index in [9.17, 15) is 4.39 Å². The summed E-state index contributed by atoms with van der Waals surface area (Å²) in [6.07, 6.45) is 1.79. The number of benzene rings is 1. The van der Waals surface area contributed by atoms with Gasteiger partial charge in [0.2, 0.25) is 0 Å². The van der Waals surface area contributed by atoms with Crippen LogP contribution in [0.3, 0.4) is 0 Å². The van der Waals surface area contributed by atoms with E-state index in [1.54, 1.807) is 6.07 Å². The Morgan fingerprint density at radius 3 is 2.56 bits per heavy atom. The zero-order valence-corrected chi connectivity index (χ0v) is 13.3. The highest BCUT2D eigenvalue weighted by molar-refractivity contribution is 9.10. The van der Waals surface area contributed by atoms with Gasteiger partial charge in [-0.25, -0.2) is 4.39 Å². The Hall–Kier alpha value is -0.410. The first-order chi connectivity index (χ1) is 8.40. The second-order valence-corrected chi connectivity index (χ2v) is 6.31. The molecule has 0 heterocycles. The number of rotatable bonds is 6. The fourth-order valence-electron chi connectivity index (χ4n) is 2.04. The Morgan fingerprint density at radius 1 is 1.33 bits per heavy atom. The third-order valence-electron chi connectivity index (χ3n) is 3.74. The molecule has 0 spiro atoms. The van der Waals surface area contributed by atoms with E-state index in [1.165, 1.54) is 6.07 Å². The van der Waals surface area contributed by atoms with Gasteiger partial charge >= 0.3 is 0 Å². The minimum absolute atomic E-state index is 0.118. The van der Waals surface area contributed by atoms with E-state index in [0.717, 1.165) is 29.4 Å². The Morgan fingerprint density at radius 2 is 2.00 bits per heavy atom. The monoisotopic (exact) mass is 315 g/mol. The summed E-state index contributed by atoms with van der Waals surface area (Å²) in [4.78, 5) is 0. The quantitative estimate of drug-likeness (QED) is 0.812. The second kappa shape index (κ2) is 6.67. The van der Waals surface area contributed by atoms with E-state index < -0.39 is 0 Å². The van der Waals surface area contributed by atoms with E-state index in [4.69, 9.17) is 0 Å². The van der Waals surface area contributed by atoms with Crippen LogP contribution in [0.2, 0.25) is 0 Å². The lowest BCUT2D eigenvalue weighted by molar-refractivity contribution is 0.231. The van der Waals surface area contributed by atoms with Gasteiger partial charge in [-0.1, -0.05) is 43.6 Å². The molecule has 1 nitrogen and oxygen atoms in total. The van der Waals surface area contributed by atoms with Crippen molar-refractivity contribution in [1.29, 1.82) is 0 Å². The molecular formula is C15H23BrFN. The Kier molecular flexibility index (Phi) is 5.80. The van der Waals surface area contributed by atoms with Gasteiger partial charge < -0.3 is 5.32 Å². The van der Waals surface area contributed by atoms with Gasteiger partial charge in [-0.2, -0.15) is 0 Å². The van der Waals surface area contributed by atoms with Gasteiger partial charge in [0, 0.05) is 10.5 Å². The zero-order chi connectivity index (χ0) is 13.8. The number of nitrogens with one attached hydrogen (secondary N) is 1. The van der Waals surface area contributed by atoms with Crippen LogP contribution in [0.4, 0.5) is 4.39 Å². The number of hydrogen-bond acceptors (Lipinski definition) is 1. The SMILES string of the molecule is CCNC(Cc1cc(Br)ccc1F)C(C)(C)CC. The maximum absolute atomic E-state index is 13.8. The van der Waals surface area contributed by atoms with Crippen molar-refractivity contribution < 1.29 is 4.39 Å². The van der Waals surface area contributed by atoms with Crippen LogP contribution in [0.1, 0.15) is 39.7 Å². The van der Waals surface area contributed by atoms with Crippen LogP contribution < -0.4 is 5.32 Å². The number of hydrogen-bond donors (Lipinski definition) is 1. The fraction of sp³-hybridized carbons (Fsp3) is 0.600. The number of likely N-dealkylation sites (N-methyl/N-ethyl adjacent to an activating group) is 1. The lowest BCUT2D eigenvalue weighted by atomic mass is 9.79. The summed E-state index contributed by atoms with van der Waals surface area (Å²) in [5.41, 5.74) is 0.932. The van der Waals surface area contributed by atoms with Crippen molar-refractivity contribution in [3.05, 3.63) is 34.1 Å². The molecule has 0 saturated heterocycles. The fourth-order valence-corrected chi connectivity index (χ4v) is 2.45. The molecule has 0 saturated carbocycles. The average molecular weight is 316 g/mol. The van der Waals surface area contributed by atoms with Gasteiger partial charge in [0.25, 0.3) is 0 Å².